The minimum Gasteiger partial charge on any atom is -0.493 e. The third kappa shape index (κ3) is 2.31. The van der Waals surface area contributed by atoms with Crippen LogP contribution in [0.25, 0.3) is 0 Å². The van der Waals surface area contributed by atoms with Crippen LogP contribution in [0.15, 0.2) is 36.4 Å². The summed E-state index contributed by atoms with van der Waals surface area (Å²) in [7, 11) is 0. The maximum Gasteiger partial charge on any atom is 0.245 e. The number of hydrogen-bond acceptors (Lipinski definition) is 4. The van der Waals surface area contributed by atoms with Gasteiger partial charge in [0.05, 0.1) is 6.61 Å². The van der Waals surface area contributed by atoms with Crippen LogP contribution >= 0.6 is 0 Å². The molecule has 3 aliphatic heterocycles. The van der Waals surface area contributed by atoms with Crippen LogP contribution in [-0.4, -0.2) is 38.8 Å². The average molecular weight is 364 g/mol. The van der Waals surface area contributed by atoms with Crippen LogP contribution in [0.5, 0.6) is 11.5 Å². The monoisotopic (exact) mass is 364 g/mol. The van der Waals surface area contributed by atoms with Crippen LogP contribution < -0.4 is 19.7 Å². The van der Waals surface area contributed by atoms with Crippen molar-refractivity contribution in [1.82, 2.24) is 5.32 Å². The number of para-hydroxylation sites is 1. The maximum absolute atomic E-state index is 13.7. The molecule has 0 bridgehead atoms. The van der Waals surface area contributed by atoms with Crippen molar-refractivity contribution in [2.24, 2.45) is 0 Å². The first-order valence-electron chi connectivity index (χ1n) is 9.81. The number of anilines is 1. The fourth-order valence-corrected chi connectivity index (χ4v) is 4.61. The zero-order chi connectivity index (χ0) is 18.4. The molecule has 1 atom stereocenters. The molecular formula is C22H24N2O3. The van der Waals surface area contributed by atoms with Crippen LogP contribution in [0.1, 0.15) is 30.0 Å². The van der Waals surface area contributed by atoms with Crippen LogP contribution in [0, 0.1) is 0 Å². The molecule has 2 aromatic carbocycles. The normalized spacial score (nSPS) is 21.8. The van der Waals surface area contributed by atoms with Gasteiger partial charge in [-0.25, -0.2) is 0 Å². The predicted octanol–water partition coefficient (Wildman–Crippen LogP) is 2.65. The molecule has 3 aliphatic rings. The zero-order valence-electron chi connectivity index (χ0n) is 15.6. The molecule has 0 saturated carbocycles. The lowest BCUT2D eigenvalue weighted by Gasteiger charge is -2.23. The molecule has 1 spiro atoms. The Labute approximate surface area is 159 Å². The van der Waals surface area contributed by atoms with Gasteiger partial charge in [-0.1, -0.05) is 25.1 Å². The summed E-state index contributed by atoms with van der Waals surface area (Å²) in [5.41, 5.74) is 3.54. The van der Waals surface area contributed by atoms with Crippen molar-refractivity contribution in [3.63, 3.8) is 0 Å². The van der Waals surface area contributed by atoms with Gasteiger partial charge in [0.1, 0.15) is 23.5 Å². The summed E-state index contributed by atoms with van der Waals surface area (Å²) in [6.45, 7) is 5.74. The molecular weight excluding hydrogens is 340 g/mol. The molecule has 140 valence electrons. The summed E-state index contributed by atoms with van der Waals surface area (Å²) in [6.07, 6.45) is 1.82. The molecule has 1 N–H and O–H groups in total. The third-order valence-electron chi connectivity index (χ3n) is 5.95. The number of fused-ring (bicyclic) bond motifs is 5. The first-order chi connectivity index (χ1) is 13.3. The Balaban J connectivity index is 1.57. The second kappa shape index (κ2) is 6.27. The minimum absolute atomic E-state index is 0.137. The Bertz CT molecular complexity index is 910. The molecule has 5 rings (SSSR count). The molecule has 27 heavy (non-hydrogen) atoms. The van der Waals surface area contributed by atoms with Crippen molar-refractivity contribution in [1.29, 1.82) is 0 Å². The van der Waals surface area contributed by atoms with Gasteiger partial charge in [-0.05, 0) is 42.8 Å². The van der Waals surface area contributed by atoms with E-state index in [0.29, 0.717) is 19.8 Å². The quantitative estimate of drug-likeness (QED) is 0.829. The maximum atomic E-state index is 13.7. The Morgan fingerprint density at radius 1 is 1.15 bits per heavy atom. The smallest absolute Gasteiger partial charge is 0.245 e. The molecule has 1 amide bonds. The number of rotatable bonds is 5. The van der Waals surface area contributed by atoms with Crippen LogP contribution in [-0.2, 0) is 16.6 Å². The molecule has 5 nitrogen and oxygen atoms in total. The Hall–Kier alpha value is -2.53. The third-order valence-corrected chi connectivity index (χ3v) is 5.95. The highest BCUT2D eigenvalue weighted by Crippen LogP contribution is 2.53. The zero-order valence-corrected chi connectivity index (χ0v) is 15.6. The number of benzene rings is 2. The Kier molecular flexibility index (Phi) is 3.86. The number of amides is 1. The van der Waals surface area contributed by atoms with E-state index in [-0.39, 0.29) is 5.91 Å². The van der Waals surface area contributed by atoms with E-state index < -0.39 is 5.41 Å². The van der Waals surface area contributed by atoms with Crippen molar-refractivity contribution in [2.45, 2.75) is 25.2 Å². The van der Waals surface area contributed by atoms with E-state index in [2.05, 4.69) is 30.4 Å². The van der Waals surface area contributed by atoms with Crippen molar-refractivity contribution < 1.29 is 14.3 Å². The molecule has 2 aromatic rings. The molecule has 5 heteroatoms. The number of ether oxygens (including phenoxy) is 2. The second-order valence-electron chi connectivity index (χ2n) is 7.43. The van der Waals surface area contributed by atoms with Gasteiger partial charge in [-0.2, -0.15) is 0 Å². The van der Waals surface area contributed by atoms with E-state index >= 15 is 0 Å². The lowest BCUT2D eigenvalue weighted by molar-refractivity contribution is -0.122. The summed E-state index contributed by atoms with van der Waals surface area (Å²) >= 11 is 0. The van der Waals surface area contributed by atoms with Crippen LogP contribution in [0.2, 0.25) is 0 Å². The summed E-state index contributed by atoms with van der Waals surface area (Å²) in [5.74, 6) is 1.82. The topological polar surface area (TPSA) is 50.8 Å². The predicted molar refractivity (Wildman–Crippen MR) is 104 cm³/mol. The number of carbonyl (C=O) groups excluding carboxylic acids is 1. The molecule has 0 fully saturated rings. The van der Waals surface area contributed by atoms with Gasteiger partial charge in [0.2, 0.25) is 5.91 Å². The lowest BCUT2D eigenvalue weighted by Crippen LogP contribution is -2.43. The number of nitrogens with one attached hydrogen (secondary N) is 1. The molecule has 0 aliphatic carbocycles. The minimum atomic E-state index is -0.721. The fraction of sp³-hybridized carbons (Fsp3) is 0.409. The van der Waals surface area contributed by atoms with Crippen LogP contribution in [0.3, 0.4) is 0 Å². The van der Waals surface area contributed by atoms with E-state index in [1.54, 1.807) is 0 Å². The lowest BCUT2D eigenvalue weighted by atomic mass is 9.76. The van der Waals surface area contributed by atoms with E-state index in [4.69, 9.17) is 9.47 Å². The summed E-state index contributed by atoms with van der Waals surface area (Å²) in [6, 6.07) is 12.3. The highest BCUT2D eigenvalue weighted by molar-refractivity contribution is 6.11. The molecule has 1 unspecified atom stereocenters. The Morgan fingerprint density at radius 2 is 2.04 bits per heavy atom. The van der Waals surface area contributed by atoms with Gasteiger partial charge < -0.3 is 19.7 Å². The molecule has 3 heterocycles. The van der Waals surface area contributed by atoms with Crippen molar-refractivity contribution in [3.05, 3.63) is 53.1 Å². The molecule has 0 saturated heterocycles. The van der Waals surface area contributed by atoms with Gasteiger partial charge in [-0.3, -0.25) is 4.79 Å². The first-order valence-corrected chi connectivity index (χ1v) is 9.81. The van der Waals surface area contributed by atoms with Gasteiger partial charge in [-0.15, -0.1) is 0 Å². The van der Waals surface area contributed by atoms with Gasteiger partial charge in [0.15, 0.2) is 0 Å². The Morgan fingerprint density at radius 3 is 2.93 bits per heavy atom. The fourth-order valence-electron chi connectivity index (χ4n) is 4.61. The van der Waals surface area contributed by atoms with Gasteiger partial charge in [0, 0.05) is 30.3 Å². The van der Waals surface area contributed by atoms with Crippen LogP contribution in [0.4, 0.5) is 5.69 Å². The van der Waals surface area contributed by atoms with E-state index in [0.717, 1.165) is 54.2 Å². The second-order valence-corrected chi connectivity index (χ2v) is 7.43. The summed E-state index contributed by atoms with van der Waals surface area (Å²) < 4.78 is 11.7. The van der Waals surface area contributed by atoms with Crippen molar-refractivity contribution in [2.75, 3.05) is 37.7 Å². The highest BCUT2D eigenvalue weighted by atomic mass is 16.5. The average Bonchev–Trinajstić information content (AvgIpc) is 3.36. The van der Waals surface area contributed by atoms with Crippen molar-refractivity contribution >= 4 is 11.6 Å². The summed E-state index contributed by atoms with van der Waals surface area (Å²) in [5, 5.41) is 3.34. The number of hydrogen-bond donors (Lipinski definition) is 1. The van der Waals surface area contributed by atoms with Crippen molar-refractivity contribution in [3.8, 4) is 11.5 Å². The van der Waals surface area contributed by atoms with Gasteiger partial charge in [0.25, 0.3) is 0 Å². The highest BCUT2D eigenvalue weighted by Gasteiger charge is 2.56. The number of carbonyl (C=O) groups is 1. The van der Waals surface area contributed by atoms with E-state index in [1.165, 1.54) is 5.56 Å². The first kappa shape index (κ1) is 16.6. The van der Waals surface area contributed by atoms with Gasteiger partial charge >= 0.3 is 0 Å². The van der Waals surface area contributed by atoms with E-state index in [1.807, 2.05) is 23.1 Å². The summed E-state index contributed by atoms with van der Waals surface area (Å²) in [4.78, 5) is 15.7. The number of nitrogens with zero attached hydrogens (tertiary/aromatic N) is 1. The standard InChI is InChI=1S/C22H24N2O3/c1-2-23-9-5-10-24-18-7-4-3-6-16(18)22(21(24)25)14-27-20-13-19-15(8-11-26-19)12-17(20)22/h3-4,6-7,12-13,23H,2,5,8-11,14H2,1H3. The van der Waals surface area contributed by atoms with E-state index in [9.17, 15) is 4.79 Å². The molecule has 0 radical (unpaired) electrons. The molecule has 0 aromatic heterocycles. The largest absolute Gasteiger partial charge is 0.493 e. The SMILES string of the molecule is CCNCCCN1C(=O)C2(COc3cc4c(cc32)CCO4)c2ccccc21.